The van der Waals surface area contributed by atoms with E-state index in [1.807, 2.05) is 6.07 Å². The van der Waals surface area contributed by atoms with E-state index in [1.165, 1.54) is 5.69 Å². The Bertz CT molecular complexity index is 523. The predicted octanol–water partition coefficient (Wildman–Crippen LogP) is 1.93. The third kappa shape index (κ3) is 3.24. The van der Waals surface area contributed by atoms with Gasteiger partial charge in [-0.05, 0) is 30.3 Å². The van der Waals surface area contributed by atoms with E-state index in [0.29, 0.717) is 6.54 Å². The molecule has 0 bridgehead atoms. The summed E-state index contributed by atoms with van der Waals surface area (Å²) in [5, 5.41) is 3.32. The minimum absolute atomic E-state index is 0.637. The van der Waals surface area contributed by atoms with Crippen LogP contribution in [0, 0.1) is 0 Å². The molecule has 0 unspecified atom stereocenters. The van der Waals surface area contributed by atoms with Gasteiger partial charge in [-0.25, -0.2) is 9.97 Å². The topological polar surface area (TPSA) is 50.3 Å². The maximum atomic E-state index is 5.36. The number of hydrogen-bond donors (Lipinski definition) is 1. The molecule has 2 aromatic rings. The van der Waals surface area contributed by atoms with E-state index in [4.69, 9.17) is 4.74 Å². The number of hydrogen-bond acceptors (Lipinski definition) is 5. The summed E-state index contributed by atoms with van der Waals surface area (Å²) in [5.74, 6) is 0.796. The van der Waals surface area contributed by atoms with Gasteiger partial charge in [0.25, 0.3) is 0 Å². The molecular weight excluding hydrogens is 252 g/mol. The lowest BCUT2D eigenvalue weighted by Gasteiger charge is -2.28. The van der Waals surface area contributed by atoms with E-state index in [1.54, 1.807) is 12.4 Å². The molecule has 2 heterocycles. The highest BCUT2D eigenvalue weighted by Gasteiger charge is 2.10. The van der Waals surface area contributed by atoms with E-state index in [9.17, 15) is 0 Å². The summed E-state index contributed by atoms with van der Waals surface area (Å²) in [6.45, 7) is 4.18. The first-order chi connectivity index (χ1) is 9.92. The van der Waals surface area contributed by atoms with Gasteiger partial charge in [0.2, 0.25) is 0 Å². The van der Waals surface area contributed by atoms with E-state index < -0.39 is 0 Å². The van der Waals surface area contributed by atoms with Crippen LogP contribution in [-0.2, 0) is 11.3 Å². The summed E-state index contributed by atoms with van der Waals surface area (Å²) in [6.07, 6.45) is 3.51. The molecule has 0 radical (unpaired) electrons. The second kappa shape index (κ2) is 6.34. The zero-order valence-corrected chi connectivity index (χ0v) is 11.3. The quantitative estimate of drug-likeness (QED) is 0.920. The van der Waals surface area contributed by atoms with Gasteiger partial charge in [-0.3, -0.25) is 0 Å². The molecule has 1 aliphatic heterocycles. The van der Waals surface area contributed by atoms with Crippen molar-refractivity contribution >= 4 is 11.4 Å². The normalized spacial score (nSPS) is 15.1. The standard InChI is InChI=1S/C15H18N4O/c1-6-16-15(17-7-1)12-18-13-2-4-14(5-3-13)19-8-10-20-11-9-19/h1-7,18H,8-12H2. The average Bonchev–Trinajstić information content (AvgIpc) is 2.55. The van der Waals surface area contributed by atoms with Crippen LogP contribution in [0.2, 0.25) is 0 Å². The van der Waals surface area contributed by atoms with Gasteiger partial charge in [0.1, 0.15) is 5.82 Å². The summed E-state index contributed by atoms with van der Waals surface area (Å²) in [5.41, 5.74) is 2.32. The van der Waals surface area contributed by atoms with Crippen molar-refractivity contribution in [2.24, 2.45) is 0 Å². The number of nitrogens with one attached hydrogen (secondary N) is 1. The van der Waals surface area contributed by atoms with E-state index in [2.05, 4.69) is 44.5 Å². The largest absolute Gasteiger partial charge is 0.378 e. The Morgan fingerprint density at radius 2 is 1.75 bits per heavy atom. The Kier molecular flexibility index (Phi) is 4.08. The molecule has 0 aliphatic carbocycles. The van der Waals surface area contributed by atoms with Crippen LogP contribution in [0.5, 0.6) is 0 Å². The maximum absolute atomic E-state index is 5.36. The fourth-order valence-electron chi connectivity index (χ4n) is 2.21. The second-order valence-electron chi connectivity index (χ2n) is 4.66. The van der Waals surface area contributed by atoms with Gasteiger partial charge >= 0.3 is 0 Å². The number of benzene rings is 1. The Morgan fingerprint density at radius 3 is 2.45 bits per heavy atom. The summed E-state index contributed by atoms with van der Waals surface area (Å²) in [4.78, 5) is 10.7. The second-order valence-corrected chi connectivity index (χ2v) is 4.66. The van der Waals surface area contributed by atoms with E-state index >= 15 is 0 Å². The Hall–Kier alpha value is -2.14. The van der Waals surface area contributed by atoms with Crippen molar-refractivity contribution in [1.82, 2.24) is 9.97 Å². The number of nitrogens with zero attached hydrogens (tertiary/aromatic N) is 3. The number of aromatic nitrogens is 2. The zero-order chi connectivity index (χ0) is 13.6. The fourth-order valence-corrected chi connectivity index (χ4v) is 2.21. The van der Waals surface area contributed by atoms with Crippen molar-refractivity contribution in [1.29, 1.82) is 0 Å². The monoisotopic (exact) mass is 270 g/mol. The van der Waals surface area contributed by atoms with Crippen molar-refractivity contribution in [2.45, 2.75) is 6.54 Å². The van der Waals surface area contributed by atoms with Crippen molar-refractivity contribution < 1.29 is 4.74 Å². The molecule has 0 atom stereocenters. The molecule has 0 saturated carbocycles. The molecule has 1 aromatic heterocycles. The summed E-state index contributed by atoms with van der Waals surface area (Å²) in [7, 11) is 0. The zero-order valence-electron chi connectivity index (χ0n) is 11.3. The molecule has 1 fully saturated rings. The Balaban J connectivity index is 1.58. The van der Waals surface area contributed by atoms with Crippen LogP contribution >= 0.6 is 0 Å². The van der Waals surface area contributed by atoms with Crippen LogP contribution in [-0.4, -0.2) is 36.3 Å². The summed E-state index contributed by atoms with van der Waals surface area (Å²) < 4.78 is 5.36. The average molecular weight is 270 g/mol. The number of ether oxygens (including phenoxy) is 1. The number of rotatable bonds is 4. The van der Waals surface area contributed by atoms with Crippen molar-refractivity contribution in [2.75, 3.05) is 36.5 Å². The summed E-state index contributed by atoms with van der Waals surface area (Å²) >= 11 is 0. The lowest BCUT2D eigenvalue weighted by molar-refractivity contribution is 0.122. The SMILES string of the molecule is c1cnc(CNc2ccc(N3CCOCC3)cc2)nc1. The molecule has 1 N–H and O–H groups in total. The van der Waals surface area contributed by atoms with Gasteiger partial charge in [-0.15, -0.1) is 0 Å². The van der Waals surface area contributed by atoms with Crippen LogP contribution in [0.1, 0.15) is 5.82 Å². The van der Waals surface area contributed by atoms with Gasteiger partial charge in [0.05, 0.1) is 19.8 Å². The Morgan fingerprint density at radius 1 is 1.05 bits per heavy atom. The third-order valence-electron chi connectivity index (χ3n) is 3.31. The summed E-state index contributed by atoms with van der Waals surface area (Å²) in [6, 6.07) is 10.3. The fraction of sp³-hybridized carbons (Fsp3) is 0.333. The molecule has 104 valence electrons. The Labute approximate surface area is 118 Å². The highest BCUT2D eigenvalue weighted by molar-refractivity contribution is 5.55. The number of morpholine rings is 1. The van der Waals surface area contributed by atoms with Gasteiger partial charge in [-0.2, -0.15) is 0 Å². The molecule has 20 heavy (non-hydrogen) atoms. The maximum Gasteiger partial charge on any atom is 0.147 e. The molecule has 0 amide bonds. The van der Waals surface area contributed by atoms with Crippen molar-refractivity contribution in [3.8, 4) is 0 Å². The highest BCUT2D eigenvalue weighted by atomic mass is 16.5. The van der Waals surface area contributed by atoms with Crippen LogP contribution in [0.4, 0.5) is 11.4 Å². The van der Waals surface area contributed by atoms with Crippen LogP contribution in [0.15, 0.2) is 42.7 Å². The van der Waals surface area contributed by atoms with Gasteiger partial charge in [0.15, 0.2) is 0 Å². The molecule has 1 aliphatic rings. The first-order valence-electron chi connectivity index (χ1n) is 6.84. The van der Waals surface area contributed by atoms with E-state index in [-0.39, 0.29) is 0 Å². The van der Waals surface area contributed by atoms with Crippen molar-refractivity contribution in [3.63, 3.8) is 0 Å². The molecule has 5 nitrogen and oxygen atoms in total. The molecular formula is C15H18N4O. The van der Waals surface area contributed by atoms with Crippen LogP contribution < -0.4 is 10.2 Å². The van der Waals surface area contributed by atoms with Crippen LogP contribution in [0.25, 0.3) is 0 Å². The molecule has 1 aromatic carbocycles. The minimum Gasteiger partial charge on any atom is -0.378 e. The lowest BCUT2D eigenvalue weighted by atomic mass is 10.2. The van der Waals surface area contributed by atoms with Crippen molar-refractivity contribution in [3.05, 3.63) is 48.5 Å². The lowest BCUT2D eigenvalue weighted by Crippen LogP contribution is -2.36. The molecule has 1 saturated heterocycles. The first kappa shape index (κ1) is 12.9. The van der Waals surface area contributed by atoms with Gasteiger partial charge < -0.3 is 15.0 Å². The third-order valence-corrected chi connectivity index (χ3v) is 3.31. The first-order valence-corrected chi connectivity index (χ1v) is 6.84. The minimum atomic E-state index is 0.637. The smallest absolute Gasteiger partial charge is 0.147 e. The predicted molar refractivity (Wildman–Crippen MR) is 78.8 cm³/mol. The molecule has 3 rings (SSSR count). The van der Waals surface area contributed by atoms with E-state index in [0.717, 1.165) is 37.8 Å². The number of anilines is 2. The molecule has 0 spiro atoms. The van der Waals surface area contributed by atoms with Gasteiger partial charge in [0, 0.05) is 36.9 Å². The highest BCUT2D eigenvalue weighted by Crippen LogP contribution is 2.19. The van der Waals surface area contributed by atoms with Crippen LogP contribution in [0.3, 0.4) is 0 Å². The molecule has 5 heteroatoms. The van der Waals surface area contributed by atoms with Gasteiger partial charge in [-0.1, -0.05) is 0 Å².